The zero-order valence-corrected chi connectivity index (χ0v) is 8.71. The minimum Gasteiger partial charge on any atom is -0.467 e. The fourth-order valence-electron chi connectivity index (χ4n) is 0.882. The molecular weight excluding hydrogens is 223 g/mol. The Morgan fingerprint density at radius 3 is 2.44 bits per heavy atom. The molecule has 16 heavy (non-hydrogen) atoms. The van der Waals surface area contributed by atoms with Gasteiger partial charge in [-0.2, -0.15) is 13.2 Å². The van der Waals surface area contributed by atoms with Crippen molar-refractivity contribution >= 4 is 5.78 Å². The van der Waals surface area contributed by atoms with Gasteiger partial charge in [0.25, 0.3) is 0 Å². The Hall–Kier alpha value is -1.59. The minimum absolute atomic E-state index is 0.00398. The van der Waals surface area contributed by atoms with Crippen LogP contribution in [0.2, 0.25) is 0 Å². The first kappa shape index (κ1) is 12.5. The molecule has 0 aliphatic heterocycles. The Bertz CT molecular complexity index is 373. The number of pyridine rings is 1. The van der Waals surface area contributed by atoms with Crippen LogP contribution in [0.1, 0.15) is 19.4 Å². The molecule has 1 rings (SSSR count). The molecule has 6 heteroatoms. The highest BCUT2D eigenvalue weighted by molar-refractivity contribution is 5.80. The van der Waals surface area contributed by atoms with Gasteiger partial charge in [-0.3, -0.25) is 4.79 Å². The predicted octanol–water partition coefficient (Wildman–Crippen LogP) is 2.46. The maximum absolute atomic E-state index is 12.2. The summed E-state index contributed by atoms with van der Waals surface area (Å²) in [5.41, 5.74) is -0.852. The van der Waals surface area contributed by atoms with Gasteiger partial charge in [0.15, 0.2) is 11.9 Å². The highest BCUT2D eigenvalue weighted by Gasteiger charge is 2.30. The topological polar surface area (TPSA) is 39.2 Å². The Balaban J connectivity index is 2.76. The summed E-state index contributed by atoms with van der Waals surface area (Å²) in [6.07, 6.45) is -4.47. The summed E-state index contributed by atoms with van der Waals surface area (Å²) in [4.78, 5) is 14.3. The summed E-state index contributed by atoms with van der Waals surface area (Å²) in [6.45, 7) is 2.83. The Morgan fingerprint density at radius 2 is 2.06 bits per heavy atom. The van der Waals surface area contributed by atoms with Crippen molar-refractivity contribution in [3.05, 3.63) is 23.9 Å². The first-order valence-electron chi connectivity index (χ1n) is 4.51. The molecule has 1 atom stereocenters. The molecule has 1 aromatic rings. The van der Waals surface area contributed by atoms with E-state index in [0.29, 0.717) is 6.20 Å². The van der Waals surface area contributed by atoms with E-state index < -0.39 is 17.8 Å². The van der Waals surface area contributed by atoms with Gasteiger partial charge in [-0.1, -0.05) is 0 Å². The highest BCUT2D eigenvalue weighted by Crippen LogP contribution is 2.29. The first-order chi connectivity index (χ1) is 7.30. The number of alkyl halides is 3. The van der Waals surface area contributed by atoms with Gasteiger partial charge in [-0.05, 0) is 19.9 Å². The molecule has 0 saturated heterocycles. The third-order valence-corrected chi connectivity index (χ3v) is 1.93. The van der Waals surface area contributed by atoms with Crippen molar-refractivity contribution in [3.63, 3.8) is 0 Å². The average molecular weight is 233 g/mol. The van der Waals surface area contributed by atoms with Crippen molar-refractivity contribution in [1.29, 1.82) is 0 Å². The van der Waals surface area contributed by atoms with Crippen molar-refractivity contribution in [2.24, 2.45) is 0 Å². The lowest BCUT2D eigenvalue weighted by Gasteiger charge is -2.11. The number of rotatable bonds is 3. The molecule has 1 aromatic heterocycles. The molecule has 0 aliphatic rings. The molecule has 0 aliphatic carbocycles. The van der Waals surface area contributed by atoms with Crippen LogP contribution in [-0.4, -0.2) is 16.9 Å². The Kier molecular flexibility index (Phi) is 3.51. The predicted molar refractivity (Wildman–Crippen MR) is 50.0 cm³/mol. The second kappa shape index (κ2) is 4.51. The van der Waals surface area contributed by atoms with Crippen LogP contribution in [-0.2, 0) is 11.0 Å². The second-order valence-corrected chi connectivity index (χ2v) is 3.25. The van der Waals surface area contributed by atoms with Gasteiger partial charge in [-0.15, -0.1) is 0 Å². The number of ether oxygens (including phenoxy) is 1. The number of ketones is 1. The summed E-state index contributed by atoms with van der Waals surface area (Å²) in [7, 11) is 0. The van der Waals surface area contributed by atoms with Gasteiger partial charge in [-0.25, -0.2) is 4.98 Å². The van der Waals surface area contributed by atoms with E-state index in [0.717, 1.165) is 12.1 Å². The summed E-state index contributed by atoms with van der Waals surface area (Å²) < 4.78 is 41.5. The van der Waals surface area contributed by atoms with Crippen molar-refractivity contribution < 1.29 is 22.7 Å². The monoisotopic (exact) mass is 233 g/mol. The van der Waals surface area contributed by atoms with Crippen LogP contribution in [0, 0.1) is 0 Å². The van der Waals surface area contributed by atoms with Crippen molar-refractivity contribution in [2.45, 2.75) is 26.1 Å². The molecule has 0 amide bonds. The Morgan fingerprint density at radius 1 is 1.44 bits per heavy atom. The zero-order chi connectivity index (χ0) is 12.3. The van der Waals surface area contributed by atoms with Crippen LogP contribution < -0.4 is 4.74 Å². The molecule has 0 N–H and O–H groups in total. The number of nitrogens with zero attached hydrogens (tertiary/aromatic N) is 1. The summed E-state index contributed by atoms with van der Waals surface area (Å²) >= 11 is 0. The molecule has 0 saturated carbocycles. The molecule has 0 spiro atoms. The van der Waals surface area contributed by atoms with Gasteiger partial charge in [0.1, 0.15) is 0 Å². The molecule has 0 radical (unpaired) electrons. The van der Waals surface area contributed by atoms with E-state index in [4.69, 9.17) is 4.74 Å². The van der Waals surface area contributed by atoms with Crippen LogP contribution in [0.15, 0.2) is 18.3 Å². The maximum Gasteiger partial charge on any atom is 0.417 e. The number of Topliss-reactive ketones (excluding diaryl/α,β-unsaturated/α-hetero) is 1. The van der Waals surface area contributed by atoms with Crippen molar-refractivity contribution in [1.82, 2.24) is 4.98 Å². The van der Waals surface area contributed by atoms with Crippen LogP contribution in [0.25, 0.3) is 0 Å². The molecule has 0 bridgehead atoms. The third kappa shape index (κ3) is 3.22. The molecule has 3 nitrogen and oxygen atoms in total. The van der Waals surface area contributed by atoms with E-state index >= 15 is 0 Å². The molecule has 1 unspecified atom stereocenters. The van der Waals surface area contributed by atoms with Crippen LogP contribution >= 0.6 is 0 Å². The fourth-order valence-corrected chi connectivity index (χ4v) is 0.882. The van der Waals surface area contributed by atoms with Crippen LogP contribution in [0.4, 0.5) is 13.2 Å². The second-order valence-electron chi connectivity index (χ2n) is 3.25. The fraction of sp³-hybridized carbons (Fsp3) is 0.400. The number of hydrogen-bond acceptors (Lipinski definition) is 3. The van der Waals surface area contributed by atoms with Gasteiger partial charge >= 0.3 is 6.18 Å². The SMILES string of the molecule is CC(=O)C(C)Oc1ccc(C(F)(F)F)cn1. The van der Waals surface area contributed by atoms with E-state index in [1.807, 2.05) is 0 Å². The number of hydrogen-bond donors (Lipinski definition) is 0. The zero-order valence-electron chi connectivity index (χ0n) is 8.71. The highest BCUT2D eigenvalue weighted by atomic mass is 19.4. The smallest absolute Gasteiger partial charge is 0.417 e. The lowest BCUT2D eigenvalue weighted by molar-refractivity contribution is -0.138. The molecule has 0 fully saturated rings. The quantitative estimate of drug-likeness (QED) is 0.804. The number of carbonyl (C=O) groups is 1. The average Bonchev–Trinajstić information content (AvgIpc) is 2.17. The molecule has 0 aromatic carbocycles. The lowest BCUT2D eigenvalue weighted by atomic mass is 10.3. The summed E-state index contributed by atoms with van der Waals surface area (Å²) in [5.74, 6) is -0.225. The number of aromatic nitrogens is 1. The van der Waals surface area contributed by atoms with E-state index in [-0.39, 0.29) is 11.7 Å². The summed E-state index contributed by atoms with van der Waals surface area (Å²) in [6, 6.07) is 1.94. The van der Waals surface area contributed by atoms with Crippen LogP contribution in [0.5, 0.6) is 5.88 Å². The van der Waals surface area contributed by atoms with Gasteiger partial charge in [0, 0.05) is 12.3 Å². The van der Waals surface area contributed by atoms with E-state index in [9.17, 15) is 18.0 Å². The summed E-state index contributed by atoms with van der Waals surface area (Å²) in [5, 5.41) is 0. The van der Waals surface area contributed by atoms with E-state index in [1.165, 1.54) is 13.8 Å². The van der Waals surface area contributed by atoms with Crippen molar-refractivity contribution in [3.8, 4) is 5.88 Å². The first-order valence-corrected chi connectivity index (χ1v) is 4.51. The number of halogens is 3. The van der Waals surface area contributed by atoms with Gasteiger partial charge in [0.2, 0.25) is 5.88 Å². The normalized spacial score (nSPS) is 13.3. The Labute approximate surface area is 90.2 Å². The van der Waals surface area contributed by atoms with Gasteiger partial charge < -0.3 is 4.74 Å². The maximum atomic E-state index is 12.2. The van der Waals surface area contributed by atoms with Gasteiger partial charge in [0.05, 0.1) is 5.56 Å². The standard InChI is InChI=1S/C10H10F3NO2/c1-6(15)7(2)16-9-4-3-8(5-14-9)10(11,12)13/h3-5,7H,1-2H3. The lowest BCUT2D eigenvalue weighted by Crippen LogP contribution is -2.21. The third-order valence-electron chi connectivity index (χ3n) is 1.93. The van der Waals surface area contributed by atoms with E-state index in [2.05, 4.69) is 4.98 Å². The minimum atomic E-state index is -4.42. The van der Waals surface area contributed by atoms with Crippen molar-refractivity contribution in [2.75, 3.05) is 0 Å². The largest absolute Gasteiger partial charge is 0.467 e. The van der Waals surface area contributed by atoms with E-state index in [1.54, 1.807) is 0 Å². The number of carbonyl (C=O) groups excluding carboxylic acids is 1. The van der Waals surface area contributed by atoms with Crippen LogP contribution in [0.3, 0.4) is 0 Å². The molecule has 1 heterocycles. The molecule has 88 valence electrons. The molecular formula is C10H10F3NO2.